The second-order valence-electron chi connectivity index (χ2n) is 4.50. The van der Waals surface area contributed by atoms with Crippen LogP contribution in [0, 0.1) is 6.92 Å². The van der Waals surface area contributed by atoms with Crippen LogP contribution in [0.25, 0.3) is 11.1 Å². The third-order valence-electron chi connectivity index (χ3n) is 2.74. The fourth-order valence-corrected chi connectivity index (χ4v) is 1.78. The van der Waals surface area contributed by atoms with Gasteiger partial charge >= 0.3 is 0 Å². The molecule has 0 radical (unpaired) electrons. The molecule has 2 aromatic rings. The number of pyridine rings is 1. The molecule has 0 bridgehead atoms. The minimum atomic E-state index is -0.0792. The molecule has 1 aromatic carbocycles. The van der Waals surface area contributed by atoms with Gasteiger partial charge in [0.15, 0.2) is 0 Å². The topological polar surface area (TPSA) is 33.2 Å². The van der Waals surface area contributed by atoms with Crippen LogP contribution in [-0.4, -0.2) is 29.9 Å². The second kappa shape index (κ2) is 5.00. The summed E-state index contributed by atoms with van der Waals surface area (Å²) in [7, 11) is 3.45. The van der Waals surface area contributed by atoms with E-state index in [-0.39, 0.29) is 5.91 Å². The SMILES string of the molecule is Cc1cccc(-c2ccnc(C(=O)N(C)C)c2)c1. The van der Waals surface area contributed by atoms with Crippen molar-refractivity contribution in [2.24, 2.45) is 0 Å². The average Bonchev–Trinajstić information content (AvgIpc) is 2.38. The molecular weight excluding hydrogens is 224 g/mol. The number of nitrogens with zero attached hydrogens (tertiary/aromatic N) is 2. The Morgan fingerprint density at radius 3 is 2.50 bits per heavy atom. The minimum Gasteiger partial charge on any atom is -0.343 e. The largest absolute Gasteiger partial charge is 0.343 e. The summed E-state index contributed by atoms with van der Waals surface area (Å²) in [6, 6.07) is 11.9. The lowest BCUT2D eigenvalue weighted by Crippen LogP contribution is -2.22. The van der Waals surface area contributed by atoms with E-state index in [9.17, 15) is 4.79 Å². The molecular formula is C15H16N2O. The van der Waals surface area contributed by atoms with Crippen LogP contribution in [0.5, 0.6) is 0 Å². The lowest BCUT2D eigenvalue weighted by molar-refractivity contribution is 0.0822. The molecule has 18 heavy (non-hydrogen) atoms. The number of aryl methyl sites for hydroxylation is 1. The molecule has 92 valence electrons. The standard InChI is InChI=1S/C15H16N2O/c1-11-5-4-6-12(9-11)13-7-8-16-14(10-13)15(18)17(2)3/h4-10H,1-3H3. The highest BCUT2D eigenvalue weighted by atomic mass is 16.2. The van der Waals surface area contributed by atoms with Gasteiger partial charge in [0.05, 0.1) is 0 Å². The van der Waals surface area contributed by atoms with Gasteiger partial charge in [0.1, 0.15) is 5.69 Å². The van der Waals surface area contributed by atoms with Crippen molar-refractivity contribution in [3.8, 4) is 11.1 Å². The summed E-state index contributed by atoms with van der Waals surface area (Å²) in [6.07, 6.45) is 1.68. The summed E-state index contributed by atoms with van der Waals surface area (Å²) in [5, 5.41) is 0. The third-order valence-corrected chi connectivity index (χ3v) is 2.74. The Kier molecular flexibility index (Phi) is 3.42. The Balaban J connectivity index is 2.42. The molecule has 1 amide bonds. The molecule has 0 saturated carbocycles. The van der Waals surface area contributed by atoms with E-state index in [0.717, 1.165) is 11.1 Å². The van der Waals surface area contributed by atoms with Crippen molar-refractivity contribution in [3.63, 3.8) is 0 Å². The Hall–Kier alpha value is -2.16. The maximum absolute atomic E-state index is 11.9. The number of rotatable bonds is 2. The predicted molar refractivity (Wildman–Crippen MR) is 72.4 cm³/mol. The van der Waals surface area contributed by atoms with Crippen LogP contribution in [-0.2, 0) is 0 Å². The summed E-state index contributed by atoms with van der Waals surface area (Å²) in [4.78, 5) is 17.5. The number of carbonyl (C=O) groups is 1. The van der Waals surface area contributed by atoms with Crippen LogP contribution in [0.3, 0.4) is 0 Å². The van der Waals surface area contributed by atoms with E-state index >= 15 is 0 Å². The first-order valence-electron chi connectivity index (χ1n) is 5.82. The molecule has 0 spiro atoms. The van der Waals surface area contributed by atoms with E-state index < -0.39 is 0 Å². The molecule has 0 aliphatic rings. The normalized spacial score (nSPS) is 10.2. The summed E-state index contributed by atoms with van der Waals surface area (Å²) in [5.41, 5.74) is 3.79. The molecule has 0 aliphatic carbocycles. The minimum absolute atomic E-state index is 0.0792. The van der Waals surface area contributed by atoms with Crippen molar-refractivity contribution < 1.29 is 4.79 Å². The van der Waals surface area contributed by atoms with Crippen LogP contribution in [0.4, 0.5) is 0 Å². The molecule has 0 N–H and O–H groups in total. The zero-order chi connectivity index (χ0) is 13.1. The van der Waals surface area contributed by atoms with Crippen LogP contribution in [0.15, 0.2) is 42.6 Å². The molecule has 3 nitrogen and oxygen atoms in total. The van der Waals surface area contributed by atoms with E-state index in [1.54, 1.807) is 20.3 Å². The van der Waals surface area contributed by atoms with Gasteiger partial charge in [-0.1, -0.05) is 29.8 Å². The number of aromatic nitrogens is 1. The van der Waals surface area contributed by atoms with Crippen molar-refractivity contribution >= 4 is 5.91 Å². The summed E-state index contributed by atoms with van der Waals surface area (Å²) in [5.74, 6) is -0.0792. The van der Waals surface area contributed by atoms with E-state index in [4.69, 9.17) is 0 Å². The maximum atomic E-state index is 11.9. The molecule has 0 aliphatic heterocycles. The molecule has 0 saturated heterocycles. The van der Waals surface area contributed by atoms with Crippen LogP contribution in [0.1, 0.15) is 16.1 Å². The van der Waals surface area contributed by atoms with Gasteiger partial charge in [-0.25, -0.2) is 0 Å². The van der Waals surface area contributed by atoms with Gasteiger partial charge in [-0.3, -0.25) is 9.78 Å². The highest BCUT2D eigenvalue weighted by Gasteiger charge is 2.10. The molecule has 1 heterocycles. The monoisotopic (exact) mass is 240 g/mol. The van der Waals surface area contributed by atoms with Gasteiger partial charge in [0, 0.05) is 20.3 Å². The summed E-state index contributed by atoms with van der Waals surface area (Å²) in [6.45, 7) is 2.05. The lowest BCUT2D eigenvalue weighted by atomic mass is 10.0. The van der Waals surface area contributed by atoms with E-state index in [0.29, 0.717) is 5.69 Å². The van der Waals surface area contributed by atoms with Gasteiger partial charge in [0.2, 0.25) is 0 Å². The summed E-state index contributed by atoms with van der Waals surface area (Å²) < 4.78 is 0. The number of hydrogen-bond donors (Lipinski definition) is 0. The first-order valence-corrected chi connectivity index (χ1v) is 5.82. The highest BCUT2D eigenvalue weighted by Crippen LogP contribution is 2.20. The van der Waals surface area contributed by atoms with E-state index in [2.05, 4.69) is 24.0 Å². The van der Waals surface area contributed by atoms with Crippen LogP contribution < -0.4 is 0 Å². The highest BCUT2D eigenvalue weighted by molar-refractivity contribution is 5.93. The molecule has 2 rings (SSSR count). The zero-order valence-corrected chi connectivity index (χ0v) is 10.8. The van der Waals surface area contributed by atoms with Gasteiger partial charge in [0.25, 0.3) is 5.91 Å². The molecule has 3 heteroatoms. The molecule has 0 atom stereocenters. The number of amides is 1. The number of hydrogen-bond acceptors (Lipinski definition) is 2. The summed E-state index contributed by atoms with van der Waals surface area (Å²) >= 11 is 0. The second-order valence-corrected chi connectivity index (χ2v) is 4.50. The van der Waals surface area contributed by atoms with E-state index in [1.165, 1.54) is 10.5 Å². The fourth-order valence-electron chi connectivity index (χ4n) is 1.78. The van der Waals surface area contributed by atoms with Gasteiger partial charge in [-0.2, -0.15) is 0 Å². The molecule has 0 fully saturated rings. The van der Waals surface area contributed by atoms with Crippen molar-refractivity contribution in [2.75, 3.05) is 14.1 Å². The Labute approximate surface area is 107 Å². The first kappa shape index (κ1) is 12.3. The zero-order valence-electron chi connectivity index (χ0n) is 10.8. The fraction of sp³-hybridized carbons (Fsp3) is 0.200. The first-order chi connectivity index (χ1) is 8.58. The van der Waals surface area contributed by atoms with Gasteiger partial charge in [-0.05, 0) is 30.2 Å². The quantitative estimate of drug-likeness (QED) is 0.808. The third kappa shape index (κ3) is 2.56. The smallest absolute Gasteiger partial charge is 0.271 e. The lowest BCUT2D eigenvalue weighted by Gasteiger charge is -2.10. The van der Waals surface area contributed by atoms with Gasteiger partial charge < -0.3 is 4.90 Å². The van der Waals surface area contributed by atoms with Crippen molar-refractivity contribution in [1.82, 2.24) is 9.88 Å². The molecule has 1 aromatic heterocycles. The molecule has 0 unspecified atom stereocenters. The maximum Gasteiger partial charge on any atom is 0.271 e. The van der Waals surface area contributed by atoms with Crippen molar-refractivity contribution in [3.05, 3.63) is 53.9 Å². The number of benzene rings is 1. The Morgan fingerprint density at radius 2 is 1.83 bits per heavy atom. The Bertz CT molecular complexity index is 576. The average molecular weight is 240 g/mol. The number of carbonyl (C=O) groups excluding carboxylic acids is 1. The van der Waals surface area contributed by atoms with Crippen molar-refractivity contribution in [1.29, 1.82) is 0 Å². The van der Waals surface area contributed by atoms with Gasteiger partial charge in [-0.15, -0.1) is 0 Å². The Morgan fingerprint density at radius 1 is 1.11 bits per heavy atom. The predicted octanol–water partition coefficient (Wildman–Crippen LogP) is 2.76. The van der Waals surface area contributed by atoms with Crippen LogP contribution >= 0.6 is 0 Å². The van der Waals surface area contributed by atoms with E-state index in [1.807, 2.05) is 24.3 Å². The van der Waals surface area contributed by atoms with Crippen molar-refractivity contribution in [2.45, 2.75) is 6.92 Å². The van der Waals surface area contributed by atoms with Crippen LogP contribution in [0.2, 0.25) is 0 Å².